The summed E-state index contributed by atoms with van der Waals surface area (Å²) >= 11 is 1.64. The zero-order chi connectivity index (χ0) is 14.0. The smallest absolute Gasteiger partial charge is 0.240 e. The van der Waals surface area contributed by atoms with Crippen LogP contribution in [-0.2, 0) is 22.9 Å². The van der Waals surface area contributed by atoms with E-state index < -0.39 is 10.0 Å². The van der Waals surface area contributed by atoms with Crippen LogP contribution < -0.4 is 10.0 Å². The largest absolute Gasteiger partial charge is 0.384 e. The van der Waals surface area contributed by atoms with Gasteiger partial charge in [-0.3, -0.25) is 0 Å². The van der Waals surface area contributed by atoms with Gasteiger partial charge in [0.1, 0.15) is 0 Å². The number of sulfonamides is 1. The summed E-state index contributed by atoms with van der Waals surface area (Å²) in [6.45, 7) is 1.31. The van der Waals surface area contributed by atoms with Crippen LogP contribution in [-0.4, -0.2) is 21.5 Å². The van der Waals surface area contributed by atoms with E-state index in [1.54, 1.807) is 23.5 Å². The first-order valence-electron chi connectivity index (χ1n) is 6.54. The van der Waals surface area contributed by atoms with Gasteiger partial charge in [0.05, 0.1) is 4.90 Å². The second-order valence-electron chi connectivity index (χ2n) is 4.72. The van der Waals surface area contributed by atoms with Crippen LogP contribution in [0, 0.1) is 0 Å². The van der Waals surface area contributed by atoms with E-state index in [4.69, 9.17) is 0 Å². The lowest BCUT2D eigenvalue weighted by Gasteiger charge is -2.08. The second kappa shape index (κ2) is 5.55. The molecule has 20 heavy (non-hydrogen) atoms. The summed E-state index contributed by atoms with van der Waals surface area (Å²) in [4.78, 5) is 1.54. The van der Waals surface area contributed by atoms with E-state index in [0.29, 0.717) is 11.4 Å². The van der Waals surface area contributed by atoms with Gasteiger partial charge in [-0.15, -0.1) is 11.3 Å². The van der Waals surface area contributed by atoms with Gasteiger partial charge >= 0.3 is 0 Å². The SMILES string of the molecule is O=S(=O)(NCCc1cccs1)c1ccc2c(c1)CCN2. The van der Waals surface area contributed by atoms with Gasteiger partial charge in [0.15, 0.2) is 0 Å². The molecule has 0 atom stereocenters. The number of rotatable bonds is 5. The van der Waals surface area contributed by atoms with Crippen LogP contribution in [0.4, 0.5) is 5.69 Å². The van der Waals surface area contributed by atoms with Crippen LogP contribution in [0.2, 0.25) is 0 Å². The van der Waals surface area contributed by atoms with Gasteiger partial charge in [-0.05, 0) is 48.1 Å². The third-order valence-corrected chi connectivity index (χ3v) is 5.74. The highest BCUT2D eigenvalue weighted by Gasteiger charge is 2.17. The fourth-order valence-corrected chi connectivity index (χ4v) is 4.09. The van der Waals surface area contributed by atoms with Crippen molar-refractivity contribution in [2.75, 3.05) is 18.4 Å². The number of nitrogens with one attached hydrogen (secondary N) is 2. The van der Waals surface area contributed by atoms with E-state index in [0.717, 1.165) is 30.6 Å². The molecule has 4 nitrogen and oxygen atoms in total. The topological polar surface area (TPSA) is 58.2 Å². The van der Waals surface area contributed by atoms with Crippen molar-refractivity contribution in [1.82, 2.24) is 4.72 Å². The highest BCUT2D eigenvalue weighted by Crippen LogP contribution is 2.24. The molecule has 0 fully saturated rings. The van der Waals surface area contributed by atoms with Crippen molar-refractivity contribution in [2.24, 2.45) is 0 Å². The van der Waals surface area contributed by atoms with E-state index in [1.165, 1.54) is 4.88 Å². The normalized spacial score (nSPS) is 14.0. The summed E-state index contributed by atoms with van der Waals surface area (Å²) < 4.78 is 27.1. The fourth-order valence-electron chi connectivity index (χ4n) is 2.30. The average Bonchev–Trinajstić information content (AvgIpc) is 3.08. The molecule has 1 aromatic heterocycles. The maximum absolute atomic E-state index is 12.2. The molecule has 2 heterocycles. The van der Waals surface area contributed by atoms with E-state index in [-0.39, 0.29) is 0 Å². The Morgan fingerprint density at radius 2 is 2.20 bits per heavy atom. The lowest BCUT2D eigenvalue weighted by molar-refractivity contribution is 0.582. The number of hydrogen-bond donors (Lipinski definition) is 2. The summed E-state index contributed by atoms with van der Waals surface area (Å²) in [7, 11) is -3.41. The van der Waals surface area contributed by atoms with E-state index in [9.17, 15) is 8.42 Å². The van der Waals surface area contributed by atoms with E-state index >= 15 is 0 Å². The third-order valence-electron chi connectivity index (χ3n) is 3.34. The van der Waals surface area contributed by atoms with Crippen molar-refractivity contribution in [1.29, 1.82) is 0 Å². The van der Waals surface area contributed by atoms with Crippen molar-refractivity contribution in [3.05, 3.63) is 46.2 Å². The summed E-state index contributed by atoms with van der Waals surface area (Å²) in [6.07, 6.45) is 1.61. The molecule has 106 valence electrons. The van der Waals surface area contributed by atoms with E-state index in [1.807, 2.05) is 23.6 Å². The number of anilines is 1. The van der Waals surface area contributed by atoms with Crippen LogP contribution in [0.25, 0.3) is 0 Å². The highest BCUT2D eigenvalue weighted by molar-refractivity contribution is 7.89. The Balaban J connectivity index is 1.68. The van der Waals surface area contributed by atoms with E-state index in [2.05, 4.69) is 10.0 Å². The molecular formula is C14H16N2O2S2. The zero-order valence-electron chi connectivity index (χ0n) is 10.9. The Morgan fingerprint density at radius 1 is 1.30 bits per heavy atom. The maximum atomic E-state index is 12.2. The molecule has 0 saturated carbocycles. The molecule has 0 saturated heterocycles. The molecule has 0 amide bonds. The number of fused-ring (bicyclic) bond motifs is 1. The van der Waals surface area contributed by atoms with Crippen LogP contribution in [0.1, 0.15) is 10.4 Å². The maximum Gasteiger partial charge on any atom is 0.240 e. The Morgan fingerprint density at radius 3 is 3.00 bits per heavy atom. The summed E-state index contributed by atoms with van der Waals surface area (Å²) in [5.74, 6) is 0. The van der Waals surface area contributed by atoms with Crippen molar-refractivity contribution in [2.45, 2.75) is 17.7 Å². The first-order valence-corrected chi connectivity index (χ1v) is 8.90. The molecule has 1 aromatic carbocycles. The fraction of sp³-hybridized carbons (Fsp3) is 0.286. The van der Waals surface area contributed by atoms with Gasteiger partial charge in [-0.1, -0.05) is 6.07 Å². The predicted molar refractivity (Wildman–Crippen MR) is 81.8 cm³/mol. The summed E-state index contributed by atoms with van der Waals surface area (Å²) in [6, 6.07) is 9.26. The van der Waals surface area contributed by atoms with Gasteiger partial charge in [0.25, 0.3) is 0 Å². The molecular weight excluding hydrogens is 292 g/mol. The van der Waals surface area contributed by atoms with Crippen LogP contribution in [0.15, 0.2) is 40.6 Å². The van der Waals surface area contributed by atoms with Crippen molar-refractivity contribution < 1.29 is 8.42 Å². The number of hydrogen-bond acceptors (Lipinski definition) is 4. The van der Waals surface area contributed by atoms with Gasteiger partial charge in [-0.2, -0.15) is 0 Å². The monoisotopic (exact) mass is 308 g/mol. The minimum Gasteiger partial charge on any atom is -0.384 e. The molecule has 2 N–H and O–H groups in total. The molecule has 6 heteroatoms. The molecule has 1 aliphatic heterocycles. The summed E-state index contributed by atoms with van der Waals surface area (Å²) in [5.41, 5.74) is 2.12. The van der Waals surface area contributed by atoms with Gasteiger partial charge < -0.3 is 5.32 Å². The van der Waals surface area contributed by atoms with Crippen molar-refractivity contribution in [3.63, 3.8) is 0 Å². The predicted octanol–water partition coefficient (Wildman–Crippen LogP) is 2.24. The zero-order valence-corrected chi connectivity index (χ0v) is 12.6. The molecule has 0 bridgehead atoms. The van der Waals surface area contributed by atoms with Gasteiger partial charge in [0, 0.05) is 23.7 Å². The highest BCUT2D eigenvalue weighted by atomic mass is 32.2. The summed E-state index contributed by atoms with van der Waals surface area (Å²) in [5, 5.41) is 5.22. The Labute approximate surface area is 122 Å². The quantitative estimate of drug-likeness (QED) is 0.890. The third kappa shape index (κ3) is 2.87. The van der Waals surface area contributed by atoms with Gasteiger partial charge in [-0.25, -0.2) is 13.1 Å². The minimum absolute atomic E-state index is 0.353. The molecule has 0 spiro atoms. The standard InChI is InChI=1S/C14H16N2O2S2/c17-20(18,16-8-6-12-2-1-9-19-12)13-3-4-14-11(10-13)5-7-15-14/h1-4,9-10,15-16H,5-8H2. The first-order chi connectivity index (χ1) is 9.65. The van der Waals surface area contributed by atoms with Crippen molar-refractivity contribution >= 4 is 27.0 Å². The number of thiophene rings is 1. The Kier molecular flexibility index (Phi) is 3.78. The average molecular weight is 308 g/mol. The molecule has 0 radical (unpaired) electrons. The van der Waals surface area contributed by atoms with Crippen molar-refractivity contribution in [3.8, 4) is 0 Å². The first kappa shape index (κ1) is 13.6. The Hall–Kier alpha value is -1.37. The van der Waals surface area contributed by atoms with Crippen LogP contribution in [0.3, 0.4) is 0 Å². The van der Waals surface area contributed by atoms with Crippen LogP contribution >= 0.6 is 11.3 Å². The molecule has 0 aliphatic carbocycles. The molecule has 3 rings (SSSR count). The van der Waals surface area contributed by atoms with Gasteiger partial charge in [0.2, 0.25) is 10.0 Å². The lowest BCUT2D eigenvalue weighted by Crippen LogP contribution is -2.25. The van der Waals surface area contributed by atoms with Crippen LogP contribution in [0.5, 0.6) is 0 Å². The minimum atomic E-state index is -3.41. The number of benzene rings is 1. The molecule has 0 unspecified atom stereocenters. The second-order valence-corrected chi connectivity index (χ2v) is 7.52. The Bertz CT molecular complexity index is 694. The lowest BCUT2D eigenvalue weighted by atomic mass is 10.2. The molecule has 2 aromatic rings. The molecule has 1 aliphatic rings.